The Labute approximate surface area is 116 Å². The maximum absolute atomic E-state index is 5.19. The van der Waals surface area contributed by atoms with Gasteiger partial charge in [0.15, 0.2) is 0 Å². The average molecular weight is 266 g/mol. The number of nitrogens with zero attached hydrogens (tertiary/aromatic N) is 3. The SMILES string of the molecule is CCC(CC)N(CCOC)c1ncc(CNC)cn1. The molecule has 0 bridgehead atoms. The van der Waals surface area contributed by atoms with Gasteiger partial charge in [-0.3, -0.25) is 0 Å². The van der Waals surface area contributed by atoms with Crippen LogP contribution in [0, 0.1) is 0 Å². The molecule has 1 rings (SSSR count). The van der Waals surface area contributed by atoms with Crippen LogP contribution in [0.4, 0.5) is 5.95 Å². The lowest BCUT2D eigenvalue weighted by molar-refractivity contribution is 0.202. The van der Waals surface area contributed by atoms with Gasteiger partial charge in [-0.15, -0.1) is 0 Å². The maximum Gasteiger partial charge on any atom is 0.225 e. The first kappa shape index (κ1) is 15.9. The Hall–Kier alpha value is -1.20. The van der Waals surface area contributed by atoms with Crippen LogP contribution in [0.3, 0.4) is 0 Å². The monoisotopic (exact) mass is 266 g/mol. The summed E-state index contributed by atoms with van der Waals surface area (Å²) in [5.41, 5.74) is 1.10. The Morgan fingerprint density at radius 2 is 1.89 bits per heavy atom. The van der Waals surface area contributed by atoms with E-state index in [0.717, 1.165) is 37.4 Å². The maximum atomic E-state index is 5.19. The lowest BCUT2D eigenvalue weighted by atomic mass is 10.1. The van der Waals surface area contributed by atoms with E-state index in [1.165, 1.54) is 0 Å². The predicted octanol–water partition coefficient (Wildman–Crippen LogP) is 1.84. The second-order valence-corrected chi connectivity index (χ2v) is 4.58. The number of hydrogen-bond donors (Lipinski definition) is 1. The minimum Gasteiger partial charge on any atom is -0.383 e. The van der Waals surface area contributed by atoms with Crippen molar-refractivity contribution in [2.75, 3.05) is 32.2 Å². The van der Waals surface area contributed by atoms with Gasteiger partial charge in [-0.1, -0.05) is 13.8 Å². The molecule has 1 heterocycles. The summed E-state index contributed by atoms with van der Waals surface area (Å²) in [5.74, 6) is 0.797. The highest BCUT2D eigenvalue weighted by Crippen LogP contribution is 2.15. The zero-order valence-electron chi connectivity index (χ0n) is 12.5. The van der Waals surface area contributed by atoms with E-state index in [0.29, 0.717) is 12.6 Å². The number of hydrogen-bond acceptors (Lipinski definition) is 5. The molecule has 108 valence electrons. The van der Waals surface area contributed by atoms with Gasteiger partial charge >= 0.3 is 0 Å². The molecule has 1 N–H and O–H groups in total. The second-order valence-electron chi connectivity index (χ2n) is 4.58. The van der Waals surface area contributed by atoms with E-state index in [1.807, 2.05) is 19.4 Å². The van der Waals surface area contributed by atoms with Crippen LogP contribution in [-0.4, -0.2) is 43.3 Å². The topological polar surface area (TPSA) is 50.3 Å². The van der Waals surface area contributed by atoms with Crippen LogP contribution in [0.25, 0.3) is 0 Å². The van der Waals surface area contributed by atoms with E-state index in [1.54, 1.807) is 7.11 Å². The number of rotatable bonds is 9. The molecular weight excluding hydrogens is 240 g/mol. The molecule has 0 radical (unpaired) electrons. The van der Waals surface area contributed by atoms with Crippen LogP contribution < -0.4 is 10.2 Å². The first-order valence-electron chi connectivity index (χ1n) is 6.97. The third-order valence-corrected chi connectivity index (χ3v) is 3.25. The van der Waals surface area contributed by atoms with Crippen molar-refractivity contribution in [3.63, 3.8) is 0 Å². The van der Waals surface area contributed by atoms with Gasteiger partial charge in [0.1, 0.15) is 0 Å². The summed E-state index contributed by atoms with van der Waals surface area (Å²) in [5, 5.41) is 3.10. The summed E-state index contributed by atoms with van der Waals surface area (Å²) in [6.45, 7) is 6.71. The molecule has 0 aliphatic heterocycles. The zero-order chi connectivity index (χ0) is 14.1. The fourth-order valence-electron chi connectivity index (χ4n) is 2.16. The molecule has 0 atom stereocenters. The molecule has 5 heteroatoms. The Balaban J connectivity index is 2.83. The lowest BCUT2D eigenvalue weighted by Gasteiger charge is -2.30. The van der Waals surface area contributed by atoms with Crippen LogP contribution in [-0.2, 0) is 11.3 Å². The molecule has 1 aromatic rings. The molecule has 0 aliphatic rings. The van der Waals surface area contributed by atoms with Crippen molar-refractivity contribution in [2.45, 2.75) is 39.3 Å². The van der Waals surface area contributed by atoms with Crippen molar-refractivity contribution in [3.8, 4) is 0 Å². The van der Waals surface area contributed by atoms with Crippen LogP contribution in [0.15, 0.2) is 12.4 Å². The average Bonchev–Trinajstić information content (AvgIpc) is 2.45. The molecule has 0 spiro atoms. The standard InChI is InChI=1S/C14H26N4O/c1-5-13(6-2)18(7-8-19-4)14-16-10-12(9-15-3)11-17-14/h10-11,13,15H,5-9H2,1-4H3. The largest absolute Gasteiger partial charge is 0.383 e. The van der Waals surface area contributed by atoms with Crippen LogP contribution in [0.2, 0.25) is 0 Å². The van der Waals surface area contributed by atoms with Gasteiger partial charge in [0.25, 0.3) is 0 Å². The van der Waals surface area contributed by atoms with Crippen molar-refractivity contribution in [2.24, 2.45) is 0 Å². The summed E-state index contributed by atoms with van der Waals surface area (Å²) in [6.07, 6.45) is 5.95. The molecule has 0 amide bonds. The predicted molar refractivity (Wildman–Crippen MR) is 78.4 cm³/mol. The first-order valence-corrected chi connectivity index (χ1v) is 6.97. The first-order chi connectivity index (χ1) is 9.26. The number of anilines is 1. The van der Waals surface area contributed by atoms with Gasteiger partial charge in [0.2, 0.25) is 5.95 Å². The van der Waals surface area contributed by atoms with Gasteiger partial charge < -0.3 is 15.0 Å². The zero-order valence-corrected chi connectivity index (χ0v) is 12.5. The third kappa shape index (κ3) is 4.76. The van der Waals surface area contributed by atoms with E-state index in [2.05, 4.69) is 34.0 Å². The summed E-state index contributed by atoms with van der Waals surface area (Å²) < 4.78 is 5.19. The molecule has 0 aliphatic carbocycles. The van der Waals surface area contributed by atoms with Gasteiger partial charge in [-0.05, 0) is 19.9 Å². The van der Waals surface area contributed by atoms with Gasteiger partial charge in [-0.25, -0.2) is 9.97 Å². The Bertz CT molecular complexity index is 338. The molecule has 0 saturated carbocycles. The van der Waals surface area contributed by atoms with E-state index in [4.69, 9.17) is 4.74 Å². The highest BCUT2D eigenvalue weighted by Gasteiger charge is 2.17. The smallest absolute Gasteiger partial charge is 0.225 e. The van der Waals surface area contributed by atoms with E-state index >= 15 is 0 Å². The van der Waals surface area contributed by atoms with Gasteiger partial charge in [0.05, 0.1) is 6.61 Å². The summed E-state index contributed by atoms with van der Waals surface area (Å²) in [7, 11) is 3.64. The van der Waals surface area contributed by atoms with Crippen LogP contribution >= 0.6 is 0 Å². The molecule has 0 saturated heterocycles. The van der Waals surface area contributed by atoms with E-state index in [9.17, 15) is 0 Å². The molecule has 0 aromatic carbocycles. The number of methoxy groups -OCH3 is 1. The second kappa shape index (κ2) is 8.82. The molecular formula is C14H26N4O. The van der Waals surface area contributed by atoms with E-state index < -0.39 is 0 Å². The van der Waals surface area contributed by atoms with Crippen molar-refractivity contribution in [3.05, 3.63) is 18.0 Å². The normalized spacial score (nSPS) is 11.0. The quantitative estimate of drug-likeness (QED) is 0.739. The fraction of sp³-hybridized carbons (Fsp3) is 0.714. The third-order valence-electron chi connectivity index (χ3n) is 3.25. The van der Waals surface area contributed by atoms with Crippen molar-refractivity contribution in [1.29, 1.82) is 0 Å². The van der Waals surface area contributed by atoms with Crippen molar-refractivity contribution < 1.29 is 4.74 Å². The molecule has 19 heavy (non-hydrogen) atoms. The minimum atomic E-state index is 0.463. The Kier molecular flexibility index (Phi) is 7.36. The highest BCUT2D eigenvalue weighted by molar-refractivity contribution is 5.31. The number of aromatic nitrogens is 2. The van der Waals surface area contributed by atoms with Gasteiger partial charge in [-0.2, -0.15) is 0 Å². The summed E-state index contributed by atoms with van der Waals surface area (Å²) in [6, 6.07) is 0.463. The molecule has 1 aromatic heterocycles. The number of ether oxygens (including phenoxy) is 1. The fourth-order valence-corrected chi connectivity index (χ4v) is 2.16. The summed E-state index contributed by atoms with van der Waals surface area (Å²) in [4.78, 5) is 11.2. The van der Waals surface area contributed by atoms with Gasteiger partial charge in [0, 0.05) is 44.2 Å². The van der Waals surface area contributed by atoms with Crippen molar-refractivity contribution >= 4 is 5.95 Å². The Morgan fingerprint density at radius 1 is 1.26 bits per heavy atom. The highest BCUT2D eigenvalue weighted by atomic mass is 16.5. The molecule has 5 nitrogen and oxygen atoms in total. The lowest BCUT2D eigenvalue weighted by Crippen LogP contribution is -2.38. The van der Waals surface area contributed by atoms with Crippen LogP contribution in [0.1, 0.15) is 32.3 Å². The molecule has 0 unspecified atom stereocenters. The van der Waals surface area contributed by atoms with E-state index in [-0.39, 0.29) is 0 Å². The minimum absolute atomic E-state index is 0.463. The molecule has 0 fully saturated rings. The summed E-state index contributed by atoms with van der Waals surface area (Å²) >= 11 is 0. The number of nitrogens with one attached hydrogen (secondary N) is 1. The van der Waals surface area contributed by atoms with Crippen molar-refractivity contribution in [1.82, 2.24) is 15.3 Å². The van der Waals surface area contributed by atoms with Crippen LogP contribution in [0.5, 0.6) is 0 Å². The Morgan fingerprint density at radius 3 is 2.37 bits per heavy atom.